The SMILES string of the molecule is COC(=O)COc1cccc(/C=N\NC(=O)[C@@H](C)N(c2ccc(OC)cc2)S(C)(=O)=O)c1. The van der Waals surface area contributed by atoms with Crippen LogP contribution < -0.4 is 19.2 Å². The van der Waals surface area contributed by atoms with Crippen LogP contribution in [0, 0.1) is 0 Å². The number of benzene rings is 2. The number of methoxy groups -OCH3 is 2. The van der Waals surface area contributed by atoms with Crippen LogP contribution in [0.1, 0.15) is 12.5 Å². The Bertz CT molecular complexity index is 1070. The molecule has 0 bridgehead atoms. The predicted octanol–water partition coefficient (Wildman–Crippen LogP) is 1.55. The van der Waals surface area contributed by atoms with E-state index in [0.29, 0.717) is 22.7 Å². The molecule has 0 saturated heterocycles. The first-order chi connectivity index (χ1) is 15.2. The lowest BCUT2D eigenvalue weighted by atomic mass is 10.2. The zero-order valence-corrected chi connectivity index (χ0v) is 19.0. The Labute approximate surface area is 186 Å². The Hall–Kier alpha value is -3.60. The van der Waals surface area contributed by atoms with Crippen molar-refractivity contribution in [2.75, 3.05) is 31.4 Å². The minimum absolute atomic E-state index is 0.238. The largest absolute Gasteiger partial charge is 0.497 e. The van der Waals surface area contributed by atoms with Crippen LogP contribution in [-0.4, -0.2) is 59.6 Å². The van der Waals surface area contributed by atoms with Gasteiger partial charge in [0, 0.05) is 0 Å². The van der Waals surface area contributed by atoms with E-state index >= 15 is 0 Å². The summed E-state index contributed by atoms with van der Waals surface area (Å²) in [6, 6.07) is 11.9. The molecule has 0 saturated carbocycles. The zero-order valence-electron chi connectivity index (χ0n) is 18.1. The lowest BCUT2D eigenvalue weighted by molar-refractivity contribution is -0.142. The molecule has 2 aromatic rings. The average molecular weight is 464 g/mol. The Morgan fingerprint density at radius 1 is 1.12 bits per heavy atom. The molecular weight excluding hydrogens is 438 g/mol. The van der Waals surface area contributed by atoms with Crippen LogP contribution in [0.2, 0.25) is 0 Å². The van der Waals surface area contributed by atoms with Gasteiger partial charge in [-0.05, 0) is 48.9 Å². The summed E-state index contributed by atoms with van der Waals surface area (Å²) in [4.78, 5) is 23.7. The molecule has 2 rings (SSSR count). The van der Waals surface area contributed by atoms with Gasteiger partial charge < -0.3 is 14.2 Å². The quantitative estimate of drug-likeness (QED) is 0.322. The second kappa shape index (κ2) is 11.1. The van der Waals surface area contributed by atoms with Crippen LogP contribution in [0.3, 0.4) is 0 Å². The maximum Gasteiger partial charge on any atom is 0.343 e. The van der Waals surface area contributed by atoms with Crippen molar-refractivity contribution in [2.45, 2.75) is 13.0 Å². The maximum absolute atomic E-state index is 12.6. The van der Waals surface area contributed by atoms with Crippen molar-refractivity contribution in [2.24, 2.45) is 5.10 Å². The van der Waals surface area contributed by atoms with E-state index in [-0.39, 0.29) is 6.61 Å². The summed E-state index contributed by atoms with van der Waals surface area (Å²) in [5.74, 6) is -0.165. The number of sulfonamides is 1. The van der Waals surface area contributed by atoms with Gasteiger partial charge in [0.25, 0.3) is 5.91 Å². The fourth-order valence-corrected chi connectivity index (χ4v) is 3.86. The molecule has 1 amide bonds. The monoisotopic (exact) mass is 463 g/mol. The summed E-state index contributed by atoms with van der Waals surface area (Å²) in [6.45, 7) is 1.22. The third-order valence-electron chi connectivity index (χ3n) is 4.25. The summed E-state index contributed by atoms with van der Waals surface area (Å²) < 4.78 is 40.5. The molecule has 10 nitrogen and oxygen atoms in total. The number of anilines is 1. The minimum Gasteiger partial charge on any atom is -0.497 e. The van der Waals surface area contributed by atoms with Crippen molar-refractivity contribution in [3.05, 3.63) is 54.1 Å². The topological polar surface area (TPSA) is 124 Å². The number of rotatable bonds is 10. The normalized spacial score (nSPS) is 12.1. The van der Waals surface area contributed by atoms with Gasteiger partial charge in [-0.25, -0.2) is 18.6 Å². The summed E-state index contributed by atoms with van der Waals surface area (Å²) >= 11 is 0. The average Bonchev–Trinajstić information content (AvgIpc) is 2.77. The molecule has 0 aliphatic rings. The summed E-state index contributed by atoms with van der Waals surface area (Å²) in [5, 5.41) is 3.89. The van der Waals surface area contributed by atoms with Crippen LogP contribution in [-0.2, 0) is 24.3 Å². The highest BCUT2D eigenvalue weighted by Gasteiger charge is 2.29. The van der Waals surface area contributed by atoms with Gasteiger partial charge in [-0.3, -0.25) is 9.10 Å². The van der Waals surface area contributed by atoms with Crippen LogP contribution in [0.15, 0.2) is 53.6 Å². The van der Waals surface area contributed by atoms with Crippen molar-refractivity contribution in [3.8, 4) is 11.5 Å². The smallest absolute Gasteiger partial charge is 0.343 e. The van der Waals surface area contributed by atoms with Gasteiger partial charge in [-0.1, -0.05) is 12.1 Å². The highest BCUT2D eigenvalue weighted by atomic mass is 32.2. The number of hydrazone groups is 1. The van der Waals surface area contributed by atoms with Crippen molar-refractivity contribution in [1.29, 1.82) is 0 Å². The summed E-state index contributed by atoms with van der Waals surface area (Å²) in [5.41, 5.74) is 3.25. The highest BCUT2D eigenvalue weighted by molar-refractivity contribution is 7.92. The van der Waals surface area contributed by atoms with Gasteiger partial charge in [0.15, 0.2) is 6.61 Å². The molecule has 172 valence electrons. The van der Waals surface area contributed by atoms with Crippen molar-refractivity contribution in [1.82, 2.24) is 5.43 Å². The number of hydrogen-bond acceptors (Lipinski definition) is 8. The maximum atomic E-state index is 12.6. The van der Waals surface area contributed by atoms with Crippen molar-refractivity contribution < 1.29 is 32.2 Å². The first-order valence-electron chi connectivity index (χ1n) is 9.41. The van der Waals surface area contributed by atoms with E-state index in [9.17, 15) is 18.0 Å². The molecule has 0 radical (unpaired) electrons. The molecule has 11 heteroatoms. The molecule has 32 heavy (non-hydrogen) atoms. The zero-order chi connectivity index (χ0) is 23.7. The molecule has 0 fully saturated rings. The number of nitrogens with one attached hydrogen (secondary N) is 1. The number of esters is 1. The number of amides is 1. The lowest BCUT2D eigenvalue weighted by Crippen LogP contribution is -2.46. The first-order valence-corrected chi connectivity index (χ1v) is 11.3. The lowest BCUT2D eigenvalue weighted by Gasteiger charge is -2.27. The van der Waals surface area contributed by atoms with Crippen LogP contribution >= 0.6 is 0 Å². The second-order valence-electron chi connectivity index (χ2n) is 6.60. The molecule has 0 aliphatic heterocycles. The molecule has 2 aromatic carbocycles. The Kier molecular flexibility index (Phi) is 8.59. The van der Waals surface area contributed by atoms with Crippen LogP contribution in [0.25, 0.3) is 0 Å². The third kappa shape index (κ3) is 6.98. The van der Waals surface area contributed by atoms with Gasteiger partial charge in [0.1, 0.15) is 17.5 Å². The van der Waals surface area contributed by atoms with E-state index < -0.39 is 27.9 Å². The molecule has 0 heterocycles. The molecule has 0 aliphatic carbocycles. The van der Waals surface area contributed by atoms with E-state index in [0.717, 1.165) is 10.6 Å². The molecule has 1 atom stereocenters. The van der Waals surface area contributed by atoms with E-state index in [1.165, 1.54) is 27.4 Å². The number of nitrogens with zero attached hydrogens (tertiary/aromatic N) is 2. The van der Waals surface area contributed by atoms with Gasteiger partial charge in [0.2, 0.25) is 10.0 Å². The first kappa shape index (κ1) is 24.7. The number of ether oxygens (including phenoxy) is 3. The Balaban J connectivity index is 2.08. The molecule has 0 unspecified atom stereocenters. The van der Waals surface area contributed by atoms with Crippen molar-refractivity contribution >= 4 is 33.8 Å². The van der Waals surface area contributed by atoms with Crippen LogP contribution in [0.5, 0.6) is 11.5 Å². The van der Waals surface area contributed by atoms with Gasteiger partial charge >= 0.3 is 5.97 Å². The highest BCUT2D eigenvalue weighted by Crippen LogP contribution is 2.23. The predicted molar refractivity (Wildman–Crippen MR) is 119 cm³/mol. The van der Waals surface area contributed by atoms with Crippen LogP contribution in [0.4, 0.5) is 5.69 Å². The fourth-order valence-electron chi connectivity index (χ4n) is 2.69. The van der Waals surface area contributed by atoms with Crippen molar-refractivity contribution in [3.63, 3.8) is 0 Å². The number of hydrogen-bond donors (Lipinski definition) is 1. The van der Waals surface area contributed by atoms with E-state index in [1.54, 1.807) is 48.5 Å². The molecular formula is C21H25N3O7S. The summed E-state index contributed by atoms with van der Waals surface area (Å²) in [7, 11) is -0.994. The molecule has 1 N–H and O–H groups in total. The van der Waals surface area contributed by atoms with Gasteiger partial charge in [-0.15, -0.1) is 0 Å². The molecule has 0 aromatic heterocycles. The third-order valence-corrected chi connectivity index (χ3v) is 5.49. The standard InChI is InChI=1S/C21H25N3O7S/c1-15(24(32(4,27)28)17-8-10-18(29-2)11-9-17)21(26)23-22-13-16-6-5-7-19(12-16)31-14-20(25)30-3/h5-13,15H,14H2,1-4H3,(H,23,26)/b22-13-/t15-/m1/s1. The van der Waals surface area contributed by atoms with Gasteiger partial charge in [0.05, 0.1) is 32.4 Å². The van der Waals surface area contributed by atoms with E-state index in [2.05, 4.69) is 15.3 Å². The Morgan fingerprint density at radius 3 is 2.41 bits per heavy atom. The second-order valence-corrected chi connectivity index (χ2v) is 8.46. The number of carbonyl (C=O) groups is 2. The molecule has 0 spiro atoms. The van der Waals surface area contributed by atoms with E-state index in [1.807, 2.05) is 0 Å². The van der Waals surface area contributed by atoms with Gasteiger partial charge in [-0.2, -0.15) is 5.10 Å². The minimum atomic E-state index is -3.75. The Morgan fingerprint density at radius 2 is 1.81 bits per heavy atom. The van der Waals surface area contributed by atoms with E-state index in [4.69, 9.17) is 9.47 Å². The summed E-state index contributed by atoms with van der Waals surface area (Å²) in [6.07, 6.45) is 2.39. The number of carbonyl (C=O) groups excluding carboxylic acids is 2. The fraction of sp³-hybridized carbons (Fsp3) is 0.286.